The lowest BCUT2D eigenvalue weighted by Gasteiger charge is -2.14. The van der Waals surface area contributed by atoms with Gasteiger partial charge in [-0.15, -0.1) is 0 Å². The molecule has 0 aliphatic heterocycles. The highest BCUT2D eigenvalue weighted by Crippen LogP contribution is 2.14. The van der Waals surface area contributed by atoms with E-state index in [0.29, 0.717) is 5.56 Å². The summed E-state index contributed by atoms with van der Waals surface area (Å²) >= 11 is 0. The molecule has 2 N–H and O–H groups in total. The topological polar surface area (TPSA) is 119 Å². The van der Waals surface area contributed by atoms with Gasteiger partial charge >= 0.3 is 12.1 Å². The summed E-state index contributed by atoms with van der Waals surface area (Å²) < 4.78 is 4.63. The van der Waals surface area contributed by atoms with Crippen LogP contribution in [0.2, 0.25) is 0 Å². The predicted octanol–water partition coefficient (Wildman–Crippen LogP) is 1.50. The molecule has 112 valence electrons. The van der Waals surface area contributed by atoms with E-state index in [1.807, 2.05) is 0 Å². The number of hydrogen-bond donors (Lipinski definition) is 2. The Kier molecular flexibility index (Phi) is 5.87. The lowest BCUT2D eigenvalue weighted by molar-refractivity contribution is -0.384. The molecule has 0 saturated carbocycles. The van der Waals surface area contributed by atoms with Crippen LogP contribution in [0.15, 0.2) is 36.9 Å². The molecule has 0 radical (unpaired) electrons. The standard InChI is InChI=1S/C13H14N2O6/c1-2-6-21-13(18)14-11(12(16)17)8-9-4-3-5-10(7-9)15(19)20/h2-5,7,11H,1,6,8H2,(H,14,18)(H,16,17)/t11-/m0/s1. The quantitative estimate of drug-likeness (QED) is 0.447. The average molecular weight is 294 g/mol. The van der Waals surface area contributed by atoms with Gasteiger partial charge in [-0.05, 0) is 5.56 Å². The van der Waals surface area contributed by atoms with Crippen molar-refractivity contribution in [1.29, 1.82) is 0 Å². The van der Waals surface area contributed by atoms with Gasteiger partial charge in [0, 0.05) is 18.6 Å². The first-order valence-corrected chi connectivity index (χ1v) is 5.94. The number of hydrogen-bond acceptors (Lipinski definition) is 5. The van der Waals surface area contributed by atoms with Crippen molar-refractivity contribution in [2.75, 3.05) is 6.61 Å². The number of amides is 1. The summed E-state index contributed by atoms with van der Waals surface area (Å²) in [7, 11) is 0. The third-order valence-electron chi connectivity index (χ3n) is 2.48. The maximum absolute atomic E-state index is 11.3. The number of carboxylic acid groups (broad SMARTS) is 1. The molecule has 1 aromatic carbocycles. The van der Waals surface area contributed by atoms with Crippen LogP contribution < -0.4 is 5.32 Å². The average Bonchev–Trinajstić information content (AvgIpc) is 2.44. The fraction of sp³-hybridized carbons (Fsp3) is 0.231. The van der Waals surface area contributed by atoms with Gasteiger partial charge in [0.25, 0.3) is 5.69 Å². The van der Waals surface area contributed by atoms with Crippen LogP contribution in [0.25, 0.3) is 0 Å². The number of nitrogens with zero attached hydrogens (tertiary/aromatic N) is 1. The molecule has 1 amide bonds. The van der Waals surface area contributed by atoms with E-state index in [4.69, 9.17) is 5.11 Å². The summed E-state index contributed by atoms with van der Waals surface area (Å²) in [6.07, 6.45) is 0.351. The van der Waals surface area contributed by atoms with Crippen LogP contribution in [0.5, 0.6) is 0 Å². The normalized spacial score (nSPS) is 11.2. The van der Waals surface area contributed by atoms with Gasteiger partial charge in [-0.1, -0.05) is 24.8 Å². The van der Waals surface area contributed by atoms with Gasteiger partial charge < -0.3 is 15.2 Å². The third kappa shape index (κ3) is 5.31. The maximum atomic E-state index is 11.3. The molecule has 1 atom stereocenters. The predicted molar refractivity (Wildman–Crippen MR) is 72.9 cm³/mol. The van der Waals surface area contributed by atoms with E-state index in [1.165, 1.54) is 24.3 Å². The minimum absolute atomic E-state index is 0.0466. The Balaban J connectivity index is 2.76. The molecule has 1 aromatic rings. The van der Waals surface area contributed by atoms with E-state index in [1.54, 1.807) is 6.07 Å². The van der Waals surface area contributed by atoms with Crippen molar-refractivity contribution in [3.8, 4) is 0 Å². The van der Waals surface area contributed by atoms with Gasteiger partial charge in [-0.3, -0.25) is 10.1 Å². The molecule has 0 aliphatic rings. The van der Waals surface area contributed by atoms with Gasteiger partial charge in [0.05, 0.1) is 4.92 Å². The number of benzene rings is 1. The summed E-state index contributed by atoms with van der Waals surface area (Å²) in [4.78, 5) is 32.5. The van der Waals surface area contributed by atoms with E-state index in [-0.39, 0.29) is 18.7 Å². The number of nitrogens with one attached hydrogen (secondary N) is 1. The first kappa shape index (κ1) is 16.2. The van der Waals surface area contributed by atoms with Gasteiger partial charge in [0.15, 0.2) is 0 Å². The molecule has 0 bridgehead atoms. The zero-order valence-corrected chi connectivity index (χ0v) is 11.0. The monoisotopic (exact) mass is 294 g/mol. The number of non-ortho nitro benzene ring substituents is 1. The van der Waals surface area contributed by atoms with Crippen LogP contribution in [0.3, 0.4) is 0 Å². The van der Waals surface area contributed by atoms with Crippen LogP contribution >= 0.6 is 0 Å². The molecule has 0 saturated heterocycles. The van der Waals surface area contributed by atoms with E-state index < -0.39 is 23.0 Å². The van der Waals surface area contributed by atoms with Crippen molar-refractivity contribution >= 4 is 17.7 Å². The van der Waals surface area contributed by atoms with Crippen LogP contribution in [-0.4, -0.2) is 34.7 Å². The molecule has 0 aromatic heterocycles. The number of aliphatic carboxylic acids is 1. The molecular weight excluding hydrogens is 280 g/mol. The van der Waals surface area contributed by atoms with Crippen molar-refractivity contribution in [2.24, 2.45) is 0 Å². The van der Waals surface area contributed by atoms with Gasteiger partial charge in [0.1, 0.15) is 12.6 Å². The molecule has 0 unspecified atom stereocenters. The Morgan fingerprint density at radius 2 is 2.24 bits per heavy atom. The number of carbonyl (C=O) groups excluding carboxylic acids is 1. The smallest absolute Gasteiger partial charge is 0.408 e. The van der Waals surface area contributed by atoms with Crippen molar-refractivity contribution in [2.45, 2.75) is 12.5 Å². The summed E-state index contributed by atoms with van der Waals surface area (Å²) in [5.41, 5.74) is 0.270. The van der Waals surface area contributed by atoms with Crippen molar-refractivity contribution in [3.05, 3.63) is 52.6 Å². The Morgan fingerprint density at radius 1 is 1.52 bits per heavy atom. The third-order valence-corrected chi connectivity index (χ3v) is 2.48. The number of rotatable bonds is 7. The van der Waals surface area contributed by atoms with Gasteiger partial charge in [-0.2, -0.15) is 0 Å². The number of nitro groups is 1. The van der Waals surface area contributed by atoms with Gasteiger partial charge in [0.2, 0.25) is 0 Å². The second kappa shape index (κ2) is 7.63. The summed E-state index contributed by atoms with van der Waals surface area (Å²) in [6, 6.07) is 4.30. The summed E-state index contributed by atoms with van der Waals surface area (Å²) in [5.74, 6) is -1.27. The number of carbonyl (C=O) groups is 2. The Labute approximate surface area is 120 Å². The minimum Gasteiger partial charge on any atom is -0.480 e. The molecule has 0 aliphatic carbocycles. The second-order valence-corrected chi connectivity index (χ2v) is 4.05. The van der Waals surface area contributed by atoms with Crippen LogP contribution in [-0.2, 0) is 16.0 Å². The highest BCUT2D eigenvalue weighted by molar-refractivity contribution is 5.80. The first-order valence-electron chi connectivity index (χ1n) is 5.94. The van der Waals surface area contributed by atoms with Gasteiger partial charge in [-0.25, -0.2) is 9.59 Å². The molecule has 0 spiro atoms. The summed E-state index contributed by atoms with van der Waals surface area (Å²) in [6.45, 7) is 3.31. The Morgan fingerprint density at radius 3 is 2.81 bits per heavy atom. The van der Waals surface area contributed by atoms with E-state index >= 15 is 0 Å². The fourth-order valence-electron chi connectivity index (χ4n) is 1.55. The van der Waals surface area contributed by atoms with E-state index in [2.05, 4.69) is 16.6 Å². The number of nitro benzene ring substituents is 1. The highest BCUT2D eigenvalue weighted by atomic mass is 16.6. The number of alkyl carbamates (subject to hydrolysis) is 1. The van der Waals surface area contributed by atoms with Crippen LogP contribution in [0, 0.1) is 10.1 Å². The lowest BCUT2D eigenvalue weighted by Crippen LogP contribution is -2.42. The first-order chi connectivity index (χ1) is 9.93. The Hall–Kier alpha value is -2.90. The minimum atomic E-state index is -1.27. The van der Waals surface area contributed by atoms with Crippen molar-refractivity contribution in [3.63, 3.8) is 0 Å². The zero-order valence-electron chi connectivity index (χ0n) is 11.0. The van der Waals surface area contributed by atoms with Crippen LogP contribution in [0.1, 0.15) is 5.56 Å². The van der Waals surface area contributed by atoms with Crippen molar-refractivity contribution < 1.29 is 24.4 Å². The number of ether oxygens (including phenoxy) is 1. The zero-order chi connectivity index (χ0) is 15.8. The SMILES string of the molecule is C=CCOC(=O)N[C@@H](Cc1cccc([N+](=O)[O-])c1)C(=O)O. The second-order valence-electron chi connectivity index (χ2n) is 4.05. The van der Waals surface area contributed by atoms with E-state index in [0.717, 1.165) is 0 Å². The Bertz CT molecular complexity index is 557. The van der Waals surface area contributed by atoms with E-state index in [9.17, 15) is 19.7 Å². The number of carboxylic acids is 1. The van der Waals surface area contributed by atoms with Crippen molar-refractivity contribution in [1.82, 2.24) is 5.32 Å². The lowest BCUT2D eigenvalue weighted by atomic mass is 10.1. The summed E-state index contributed by atoms with van der Waals surface area (Å²) in [5, 5.41) is 21.9. The highest BCUT2D eigenvalue weighted by Gasteiger charge is 2.21. The fourth-order valence-corrected chi connectivity index (χ4v) is 1.55. The molecule has 8 heteroatoms. The maximum Gasteiger partial charge on any atom is 0.408 e. The molecule has 0 heterocycles. The largest absolute Gasteiger partial charge is 0.480 e. The molecular formula is C13H14N2O6. The molecule has 0 fully saturated rings. The molecule has 1 rings (SSSR count). The molecule has 21 heavy (non-hydrogen) atoms. The molecule has 8 nitrogen and oxygen atoms in total. The van der Waals surface area contributed by atoms with Crippen LogP contribution in [0.4, 0.5) is 10.5 Å².